The van der Waals surface area contributed by atoms with Gasteiger partial charge in [-0.3, -0.25) is 9.69 Å². The Morgan fingerprint density at radius 3 is 2.52 bits per heavy atom. The minimum Gasteiger partial charge on any atom is -0.497 e. The van der Waals surface area contributed by atoms with Crippen LogP contribution in [0.3, 0.4) is 0 Å². The molecule has 0 saturated carbocycles. The fourth-order valence-corrected chi connectivity index (χ4v) is 3.95. The molecule has 4 nitrogen and oxygen atoms in total. The molecule has 0 bridgehead atoms. The lowest BCUT2D eigenvalue weighted by atomic mass is 9.94. The second-order valence-corrected chi connectivity index (χ2v) is 7.97. The molecule has 0 radical (unpaired) electrons. The molecule has 1 aliphatic rings. The number of ether oxygens (including phenoxy) is 1. The van der Waals surface area contributed by atoms with Gasteiger partial charge in [-0.2, -0.15) is 0 Å². The van der Waals surface area contributed by atoms with Crippen molar-refractivity contribution < 1.29 is 13.9 Å². The number of carbonyl (C=O) groups excluding carboxylic acids is 1. The monoisotopic (exact) mass is 418 g/mol. The number of amides is 1. The van der Waals surface area contributed by atoms with Crippen LogP contribution in [0.15, 0.2) is 42.5 Å². The van der Waals surface area contributed by atoms with Crippen LogP contribution in [0, 0.1) is 11.7 Å². The van der Waals surface area contributed by atoms with Gasteiger partial charge in [0.25, 0.3) is 0 Å². The lowest BCUT2D eigenvalue weighted by Gasteiger charge is -2.32. The van der Waals surface area contributed by atoms with Crippen LogP contribution < -0.4 is 10.1 Å². The zero-order valence-electron chi connectivity index (χ0n) is 17.0. The summed E-state index contributed by atoms with van der Waals surface area (Å²) in [6.45, 7) is 4.16. The molecule has 1 amide bonds. The van der Waals surface area contributed by atoms with Gasteiger partial charge in [-0.25, -0.2) is 4.39 Å². The van der Waals surface area contributed by atoms with Crippen LogP contribution in [-0.2, 0) is 11.3 Å². The van der Waals surface area contributed by atoms with Gasteiger partial charge < -0.3 is 10.1 Å². The summed E-state index contributed by atoms with van der Waals surface area (Å²) < 4.78 is 19.2. The van der Waals surface area contributed by atoms with Gasteiger partial charge in [0.2, 0.25) is 5.91 Å². The molecule has 156 valence electrons. The summed E-state index contributed by atoms with van der Waals surface area (Å²) in [4.78, 5) is 15.0. The van der Waals surface area contributed by atoms with Gasteiger partial charge in [-0.1, -0.05) is 36.7 Å². The van der Waals surface area contributed by atoms with E-state index in [1.165, 1.54) is 6.07 Å². The summed E-state index contributed by atoms with van der Waals surface area (Å²) in [7, 11) is 1.64. The summed E-state index contributed by atoms with van der Waals surface area (Å²) in [6.07, 6.45) is 2.38. The molecule has 0 spiro atoms. The predicted octanol–water partition coefficient (Wildman–Crippen LogP) is 4.97. The molecule has 1 saturated heterocycles. The number of hydrogen-bond donors (Lipinski definition) is 1. The van der Waals surface area contributed by atoms with Crippen LogP contribution in [0.25, 0.3) is 0 Å². The highest BCUT2D eigenvalue weighted by atomic mass is 35.5. The first-order valence-electron chi connectivity index (χ1n) is 10.1. The predicted molar refractivity (Wildman–Crippen MR) is 114 cm³/mol. The third kappa shape index (κ3) is 5.71. The van der Waals surface area contributed by atoms with Crippen LogP contribution in [0.4, 0.5) is 4.39 Å². The first kappa shape index (κ1) is 21.6. The van der Waals surface area contributed by atoms with Crippen molar-refractivity contribution in [1.82, 2.24) is 10.2 Å². The summed E-state index contributed by atoms with van der Waals surface area (Å²) >= 11 is 5.82. The molecule has 0 aliphatic carbocycles. The average molecular weight is 419 g/mol. The van der Waals surface area contributed by atoms with E-state index in [9.17, 15) is 9.18 Å². The molecule has 29 heavy (non-hydrogen) atoms. The highest BCUT2D eigenvalue weighted by Crippen LogP contribution is 2.24. The zero-order chi connectivity index (χ0) is 20.8. The number of likely N-dealkylation sites (tertiary alicyclic amines) is 1. The SMILES string of the molecule is CC[C@H](NC(=O)C1CCN(Cc2ccc(Cl)cc2F)CC1)c1ccc(OC)cc1. The van der Waals surface area contributed by atoms with Gasteiger partial charge in [-0.15, -0.1) is 0 Å². The van der Waals surface area contributed by atoms with E-state index in [1.807, 2.05) is 24.3 Å². The Kier molecular flexibility index (Phi) is 7.51. The Balaban J connectivity index is 1.52. The Bertz CT molecular complexity index is 820. The number of benzene rings is 2. The molecule has 0 unspecified atom stereocenters. The van der Waals surface area contributed by atoms with Crippen LogP contribution in [0.1, 0.15) is 43.4 Å². The van der Waals surface area contributed by atoms with Crippen molar-refractivity contribution in [1.29, 1.82) is 0 Å². The minimum absolute atomic E-state index is 0.00500. The molecule has 3 rings (SSSR count). The average Bonchev–Trinajstić information content (AvgIpc) is 2.74. The first-order chi connectivity index (χ1) is 14.0. The van der Waals surface area contributed by atoms with Crippen molar-refractivity contribution in [2.45, 2.75) is 38.8 Å². The summed E-state index contributed by atoms with van der Waals surface area (Å²) in [6, 6.07) is 12.6. The van der Waals surface area contributed by atoms with Gasteiger partial charge in [0.1, 0.15) is 11.6 Å². The number of piperidine rings is 1. The largest absolute Gasteiger partial charge is 0.497 e. The normalized spacial score (nSPS) is 16.4. The Morgan fingerprint density at radius 1 is 1.24 bits per heavy atom. The highest BCUT2D eigenvalue weighted by molar-refractivity contribution is 6.30. The second-order valence-electron chi connectivity index (χ2n) is 7.53. The van der Waals surface area contributed by atoms with Crippen molar-refractivity contribution in [2.75, 3.05) is 20.2 Å². The fourth-order valence-electron chi connectivity index (χ4n) is 3.79. The topological polar surface area (TPSA) is 41.6 Å². The quantitative estimate of drug-likeness (QED) is 0.690. The van der Waals surface area contributed by atoms with E-state index >= 15 is 0 Å². The van der Waals surface area contributed by atoms with Gasteiger partial charge >= 0.3 is 0 Å². The van der Waals surface area contributed by atoms with E-state index in [0.717, 1.165) is 43.7 Å². The molecular weight excluding hydrogens is 391 g/mol. The molecule has 1 fully saturated rings. The van der Waals surface area contributed by atoms with Crippen molar-refractivity contribution in [3.05, 3.63) is 64.4 Å². The third-order valence-corrected chi connectivity index (χ3v) is 5.85. The molecule has 1 N–H and O–H groups in total. The molecule has 6 heteroatoms. The maximum Gasteiger partial charge on any atom is 0.223 e. The summed E-state index contributed by atoms with van der Waals surface area (Å²) in [5, 5.41) is 3.60. The number of halogens is 2. The number of carbonyl (C=O) groups is 1. The lowest BCUT2D eigenvalue weighted by molar-refractivity contribution is -0.127. The van der Waals surface area contributed by atoms with Gasteiger partial charge in [0, 0.05) is 23.0 Å². The van der Waals surface area contributed by atoms with E-state index in [2.05, 4.69) is 17.1 Å². The molecule has 2 aromatic carbocycles. The molecular formula is C23H28ClFN2O2. The Hall–Kier alpha value is -2.11. The van der Waals surface area contributed by atoms with Gasteiger partial charge in [0.15, 0.2) is 0 Å². The minimum atomic E-state index is -0.275. The van der Waals surface area contributed by atoms with E-state index < -0.39 is 0 Å². The number of rotatable bonds is 7. The Labute approximate surface area is 177 Å². The smallest absolute Gasteiger partial charge is 0.223 e. The lowest BCUT2D eigenvalue weighted by Crippen LogP contribution is -2.41. The van der Waals surface area contributed by atoms with Crippen molar-refractivity contribution >= 4 is 17.5 Å². The number of hydrogen-bond acceptors (Lipinski definition) is 3. The maximum absolute atomic E-state index is 14.0. The van der Waals surface area contributed by atoms with E-state index in [0.29, 0.717) is 17.1 Å². The zero-order valence-corrected chi connectivity index (χ0v) is 17.7. The van der Waals surface area contributed by atoms with Crippen molar-refractivity contribution in [3.8, 4) is 5.75 Å². The first-order valence-corrected chi connectivity index (χ1v) is 10.5. The summed E-state index contributed by atoms with van der Waals surface area (Å²) in [5.41, 5.74) is 1.72. The molecule has 1 aliphatic heterocycles. The van der Waals surface area contributed by atoms with E-state index in [-0.39, 0.29) is 23.7 Å². The second kappa shape index (κ2) is 10.1. The van der Waals surface area contributed by atoms with E-state index in [4.69, 9.17) is 16.3 Å². The number of nitrogens with one attached hydrogen (secondary N) is 1. The molecule has 1 heterocycles. The fraction of sp³-hybridized carbons (Fsp3) is 0.435. The van der Waals surface area contributed by atoms with Crippen LogP contribution in [0.5, 0.6) is 5.75 Å². The van der Waals surface area contributed by atoms with Crippen LogP contribution in [0.2, 0.25) is 5.02 Å². The standard InChI is InChI=1S/C23H28ClFN2O2/c1-3-22(16-5-8-20(29-2)9-6-16)26-23(28)17-10-12-27(13-11-17)15-18-4-7-19(24)14-21(18)25/h4-9,14,17,22H,3,10-13,15H2,1-2H3,(H,26,28)/t22-/m0/s1. The van der Waals surface area contributed by atoms with Gasteiger partial charge in [-0.05, 0) is 62.2 Å². The summed E-state index contributed by atoms with van der Waals surface area (Å²) in [5.74, 6) is 0.626. The number of nitrogens with zero attached hydrogens (tertiary/aromatic N) is 1. The number of methoxy groups -OCH3 is 1. The van der Waals surface area contributed by atoms with Crippen molar-refractivity contribution in [3.63, 3.8) is 0 Å². The highest BCUT2D eigenvalue weighted by Gasteiger charge is 2.27. The van der Waals surface area contributed by atoms with Gasteiger partial charge in [0.05, 0.1) is 13.2 Å². The Morgan fingerprint density at radius 2 is 1.93 bits per heavy atom. The van der Waals surface area contributed by atoms with Crippen LogP contribution in [-0.4, -0.2) is 31.0 Å². The molecule has 0 aromatic heterocycles. The molecule has 1 atom stereocenters. The third-order valence-electron chi connectivity index (χ3n) is 5.61. The molecule has 2 aromatic rings. The van der Waals surface area contributed by atoms with E-state index in [1.54, 1.807) is 19.2 Å². The van der Waals surface area contributed by atoms with Crippen molar-refractivity contribution in [2.24, 2.45) is 5.92 Å². The van der Waals surface area contributed by atoms with Crippen LogP contribution >= 0.6 is 11.6 Å². The maximum atomic E-state index is 14.0.